The van der Waals surface area contributed by atoms with Crippen LogP contribution in [-0.4, -0.2) is 10.9 Å². The van der Waals surface area contributed by atoms with Gasteiger partial charge in [0.15, 0.2) is 5.89 Å². The summed E-state index contributed by atoms with van der Waals surface area (Å²) in [5.41, 5.74) is 3.63. The zero-order chi connectivity index (χ0) is 14.9. The van der Waals surface area contributed by atoms with Crippen molar-refractivity contribution in [2.45, 2.75) is 40.5 Å². The monoisotopic (exact) mass is 272 g/mol. The third-order valence-electron chi connectivity index (χ3n) is 3.28. The maximum absolute atomic E-state index is 12.3. The van der Waals surface area contributed by atoms with Crippen LogP contribution in [0, 0.1) is 20.8 Å². The van der Waals surface area contributed by atoms with Crippen LogP contribution in [0.25, 0.3) is 0 Å². The molecule has 2 aromatic rings. The predicted octanol–water partition coefficient (Wildman–Crippen LogP) is 3.98. The Morgan fingerprint density at radius 2 is 1.95 bits per heavy atom. The molecule has 0 aliphatic carbocycles. The van der Waals surface area contributed by atoms with E-state index in [4.69, 9.17) is 4.42 Å². The summed E-state index contributed by atoms with van der Waals surface area (Å²) in [5.74, 6) is 0.865. The minimum absolute atomic E-state index is 0.251. The molecule has 0 unspecified atom stereocenters. The standard InChI is InChI=1S/C16H20N2O2/c1-9(2)13-8-6-7-10(3)14(13)18-16(19)15-11(4)17-12(5)20-15/h6-9H,1-5H3,(H,18,19). The van der Waals surface area contributed by atoms with Crippen LogP contribution in [0.15, 0.2) is 22.6 Å². The lowest BCUT2D eigenvalue weighted by Gasteiger charge is -2.15. The second-order valence-corrected chi connectivity index (χ2v) is 5.30. The molecule has 106 valence electrons. The number of aromatic nitrogens is 1. The van der Waals surface area contributed by atoms with Gasteiger partial charge in [-0.1, -0.05) is 32.0 Å². The van der Waals surface area contributed by atoms with Crippen LogP contribution in [0.5, 0.6) is 0 Å². The molecule has 0 saturated heterocycles. The summed E-state index contributed by atoms with van der Waals surface area (Å²) in [4.78, 5) is 16.5. The molecule has 2 rings (SSSR count). The summed E-state index contributed by atoms with van der Waals surface area (Å²) >= 11 is 0. The van der Waals surface area contributed by atoms with Gasteiger partial charge < -0.3 is 9.73 Å². The van der Waals surface area contributed by atoms with Crippen LogP contribution in [0.2, 0.25) is 0 Å². The molecule has 0 spiro atoms. The van der Waals surface area contributed by atoms with Gasteiger partial charge in [0.1, 0.15) is 0 Å². The summed E-state index contributed by atoms with van der Waals surface area (Å²) in [6.45, 7) is 9.70. The molecular weight excluding hydrogens is 252 g/mol. The number of anilines is 1. The van der Waals surface area contributed by atoms with E-state index in [0.29, 0.717) is 17.5 Å². The average Bonchev–Trinajstić information content (AvgIpc) is 2.70. The summed E-state index contributed by atoms with van der Waals surface area (Å²) < 4.78 is 5.37. The molecule has 0 aliphatic rings. The number of oxazole rings is 1. The number of benzene rings is 1. The number of aryl methyl sites for hydroxylation is 3. The molecule has 1 N–H and O–H groups in total. The van der Waals surface area contributed by atoms with Gasteiger partial charge >= 0.3 is 0 Å². The zero-order valence-electron chi connectivity index (χ0n) is 12.6. The summed E-state index contributed by atoms with van der Waals surface area (Å²) in [5, 5.41) is 2.96. The van der Waals surface area contributed by atoms with E-state index in [1.807, 2.05) is 25.1 Å². The van der Waals surface area contributed by atoms with Gasteiger partial charge in [0.2, 0.25) is 5.76 Å². The number of rotatable bonds is 3. The molecule has 20 heavy (non-hydrogen) atoms. The maximum atomic E-state index is 12.3. The van der Waals surface area contributed by atoms with E-state index < -0.39 is 0 Å². The van der Waals surface area contributed by atoms with Crippen molar-refractivity contribution in [2.75, 3.05) is 5.32 Å². The fraction of sp³-hybridized carbons (Fsp3) is 0.375. The third kappa shape index (κ3) is 2.74. The van der Waals surface area contributed by atoms with E-state index in [1.54, 1.807) is 13.8 Å². The van der Waals surface area contributed by atoms with Crippen molar-refractivity contribution in [3.8, 4) is 0 Å². The van der Waals surface area contributed by atoms with Crippen molar-refractivity contribution in [3.63, 3.8) is 0 Å². The largest absolute Gasteiger partial charge is 0.436 e. The second-order valence-electron chi connectivity index (χ2n) is 5.30. The maximum Gasteiger partial charge on any atom is 0.293 e. The molecule has 1 aromatic heterocycles. The number of nitrogens with one attached hydrogen (secondary N) is 1. The van der Waals surface area contributed by atoms with Gasteiger partial charge in [0.25, 0.3) is 5.91 Å². The Hall–Kier alpha value is -2.10. The van der Waals surface area contributed by atoms with Crippen molar-refractivity contribution >= 4 is 11.6 Å². The normalized spacial score (nSPS) is 10.9. The molecule has 0 radical (unpaired) electrons. The van der Waals surface area contributed by atoms with E-state index in [9.17, 15) is 4.79 Å². The van der Waals surface area contributed by atoms with Gasteiger partial charge in [0, 0.05) is 12.6 Å². The smallest absolute Gasteiger partial charge is 0.293 e. The lowest BCUT2D eigenvalue weighted by Crippen LogP contribution is -2.15. The van der Waals surface area contributed by atoms with Crippen LogP contribution in [-0.2, 0) is 0 Å². The number of nitrogens with zero attached hydrogens (tertiary/aromatic N) is 1. The fourth-order valence-corrected chi connectivity index (χ4v) is 2.25. The minimum atomic E-state index is -0.251. The van der Waals surface area contributed by atoms with Gasteiger partial charge in [-0.2, -0.15) is 0 Å². The van der Waals surface area contributed by atoms with Crippen molar-refractivity contribution in [3.05, 3.63) is 46.7 Å². The van der Waals surface area contributed by atoms with Gasteiger partial charge in [0.05, 0.1) is 5.69 Å². The number of hydrogen-bond donors (Lipinski definition) is 1. The van der Waals surface area contributed by atoms with Crippen molar-refractivity contribution in [1.29, 1.82) is 0 Å². The summed E-state index contributed by atoms with van der Waals surface area (Å²) in [6.07, 6.45) is 0. The Bertz CT molecular complexity index is 642. The molecule has 0 atom stereocenters. The first kappa shape index (κ1) is 14.3. The van der Waals surface area contributed by atoms with Crippen LogP contribution < -0.4 is 5.32 Å². The van der Waals surface area contributed by atoms with Gasteiger partial charge in [-0.05, 0) is 30.9 Å². The lowest BCUT2D eigenvalue weighted by atomic mass is 9.98. The molecule has 1 amide bonds. The van der Waals surface area contributed by atoms with E-state index in [0.717, 1.165) is 16.8 Å². The first-order valence-electron chi connectivity index (χ1n) is 6.75. The number of carbonyl (C=O) groups excluding carboxylic acids is 1. The number of amides is 1. The molecule has 0 aliphatic heterocycles. The molecule has 1 aromatic carbocycles. The van der Waals surface area contributed by atoms with Crippen molar-refractivity contribution < 1.29 is 9.21 Å². The highest BCUT2D eigenvalue weighted by Crippen LogP contribution is 2.28. The molecule has 0 saturated carbocycles. The lowest BCUT2D eigenvalue weighted by molar-refractivity contribution is 0.0994. The number of carbonyl (C=O) groups is 1. The topological polar surface area (TPSA) is 55.1 Å². The second kappa shape index (κ2) is 5.49. The summed E-state index contributed by atoms with van der Waals surface area (Å²) in [6, 6.07) is 6.02. The van der Waals surface area contributed by atoms with E-state index in [2.05, 4.69) is 24.1 Å². The molecular formula is C16H20N2O2. The molecule has 0 fully saturated rings. The van der Waals surface area contributed by atoms with Crippen LogP contribution in [0.3, 0.4) is 0 Å². The SMILES string of the molecule is Cc1nc(C)c(C(=O)Nc2c(C)cccc2C(C)C)o1. The van der Waals surface area contributed by atoms with Gasteiger partial charge in [-0.25, -0.2) is 4.98 Å². The Morgan fingerprint density at radius 1 is 1.25 bits per heavy atom. The van der Waals surface area contributed by atoms with E-state index in [1.165, 1.54) is 0 Å². The van der Waals surface area contributed by atoms with E-state index >= 15 is 0 Å². The summed E-state index contributed by atoms with van der Waals surface area (Å²) in [7, 11) is 0. The highest BCUT2D eigenvalue weighted by atomic mass is 16.4. The number of para-hydroxylation sites is 1. The van der Waals surface area contributed by atoms with Crippen molar-refractivity contribution in [2.24, 2.45) is 0 Å². The van der Waals surface area contributed by atoms with Crippen LogP contribution >= 0.6 is 0 Å². The molecule has 4 nitrogen and oxygen atoms in total. The van der Waals surface area contributed by atoms with Gasteiger partial charge in [-0.15, -0.1) is 0 Å². The minimum Gasteiger partial charge on any atom is -0.436 e. The molecule has 0 bridgehead atoms. The predicted molar refractivity (Wildman–Crippen MR) is 79.2 cm³/mol. The molecule has 4 heteroatoms. The Labute approximate surface area is 119 Å². The highest BCUT2D eigenvalue weighted by Gasteiger charge is 2.18. The Kier molecular flexibility index (Phi) is 3.93. The van der Waals surface area contributed by atoms with Crippen molar-refractivity contribution in [1.82, 2.24) is 4.98 Å². The van der Waals surface area contributed by atoms with Gasteiger partial charge in [-0.3, -0.25) is 4.79 Å². The molecule has 1 heterocycles. The van der Waals surface area contributed by atoms with E-state index in [-0.39, 0.29) is 11.7 Å². The van der Waals surface area contributed by atoms with Crippen LogP contribution in [0.1, 0.15) is 53.0 Å². The first-order valence-corrected chi connectivity index (χ1v) is 6.75. The quantitative estimate of drug-likeness (QED) is 0.919. The zero-order valence-corrected chi connectivity index (χ0v) is 12.6. The Balaban J connectivity index is 2.35. The average molecular weight is 272 g/mol. The third-order valence-corrected chi connectivity index (χ3v) is 3.28. The first-order chi connectivity index (χ1) is 9.40. The fourth-order valence-electron chi connectivity index (χ4n) is 2.25. The number of hydrogen-bond acceptors (Lipinski definition) is 3. The van der Waals surface area contributed by atoms with Crippen LogP contribution in [0.4, 0.5) is 5.69 Å². The highest BCUT2D eigenvalue weighted by molar-refractivity contribution is 6.03. The Morgan fingerprint density at radius 3 is 2.50 bits per heavy atom.